The highest BCUT2D eigenvalue weighted by atomic mass is 14.9. The van der Waals surface area contributed by atoms with Gasteiger partial charge in [0.2, 0.25) is 0 Å². The van der Waals surface area contributed by atoms with Crippen molar-refractivity contribution in [3.8, 4) is 12.3 Å². The van der Waals surface area contributed by atoms with Crippen LogP contribution in [0.1, 0.15) is 32.6 Å². The minimum absolute atomic E-state index is 0.307. The predicted molar refractivity (Wildman–Crippen MR) is 52.8 cm³/mol. The van der Waals surface area contributed by atoms with Crippen molar-refractivity contribution in [1.29, 1.82) is 0 Å². The lowest BCUT2D eigenvalue weighted by Gasteiger charge is -2.17. The highest BCUT2D eigenvalue weighted by molar-refractivity contribution is 5.03. The Kier molecular flexibility index (Phi) is 3.62. The second-order valence-corrected chi connectivity index (χ2v) is 3.78. The first-order valence-electron chi connectivity index (χ1n) is 4.95. The number of hydrogen-bond donors (Lipinski definition) is 1. The molecule has 0 aromatic heterocycles. The molecule has 1 rings (SSSR count). The van der Waals surface area contributed by atoms with Crippen LogP contribution in [0.5, 0.6) is 0 Å². The standard InChI is InChI=1S/C11H19N/c1-4-9-6-7-10(8-9)11(5-2)12-3/h2,9-12H,4,6-8H2,1,3H3. The largest absolute Gasteiger partial charge is 0.307 e. The minimum Gasteiger partial charge on any atom is -0.307 e. The number of terminal acetylenes is 1. The number of hydrogen-bond acceptors (Lipinski definition) is 1. The summed E-state index contributed by atoms with van der Waals surface area (Å²) < 4.78 is 0. The normalized spacial score (nSPS) is 31.4. The van der Waals surface area contributed by atoms with Gasteiger partial charge < -0.3 is 5.32 Å². The lowest BCUT2D eigenvalue weighted by atomic mass is 9.96. The molecule has 1 fully saturated rings. The third kappa shape index (κ3) is 2.01. The van der Waals surface area contributed by atoms with E-state index in [1.165, 1.54) is 25.7 Å². The summed E-state index contributed by atoms with van der Waals surface area (Å²) in [5.41, 5.74) is 0. The van der Waals surface area contributed by atoms with Crippen LogP contribution in [-0.2, 0) is 0 Å². The molecule has 0 amide bonds. The van der Waals surface area contributed by atoms with E-state index < -0.39 is 0 Å². The maximum atomic E-state index is 5.44. The van der Waals surface area contributed by atoms with Crippen LogP contribution in [0.25, 0.3) is 0 Å². The Balaban J connectivity index is 2.40. The van der Waals surface area contributed by atoms with Gasteiger partial charge in [-0.25, -0.2) is 0 Å². The summed E-state index contributed by atoms with van der Waals surface area (Å²) >= 11 is 0. The molecule has 0 spiro atoms. The molecule has 3 atom stereocenters. The van der Waals surface area contributed by atoms with E-state index >= 15 is 0 Å². The van der Waals surface area contributed by atoms with Gasteiger partial charge in [0.25, 0.3) is 0 Å². The van der Waals surface area contributed by atoms with Gasteiger partial charge in [-0.2, -0.15) is 0 Å². The number of rotatable bonds is 3. The van der Waals surface area contributed by atoms with Crippen LogP contribution in [0.4, 0.5) is 0 Å². The van der Waals surface area contributed by atoms with Crippen molar-refractivity contribution in [2.75, 3.05) is 7.05 Å². The smallest absolute Gasteiger partial charge is 0.0713 e. The molecule has 1 heteroatoms. The summed E-state index contributed by atoms with van der Waals surface area (Å²) in [6.07, 6.45) is 10.8. The Bertz CT molecular complexity index is 168. The fraction of sp³-hybridized carbons (Fsp3) is 0.818. The molecule has 0 aromatic carbocycles. The van der Waals surface area contributed by atoms with E-state index in [-0.39, 0.29) is 0 Å². The molecule has 1 aliphatic carbocycles. The van der Waals surface area contributed by atoms with E-state index in [1.807, 2.05) is 7.05 Å². The van der Waals surface area contributed by atoms with Gasteiger partial charge in [-0.1, -0.05) is 25.7 Å². The summed E-state index contributed by atoms with van der Waals surface area (Å²) in [5, 5.41) is 3.20. The third-order valence-corrected chi connectivity index (χ3v) is 3.12. The van der Waals surface area contributed by atoms with Gasteiger partial charge in [0, 0.05) is 0 Å². The molecule has 1 nitrogen and oxygen atoms in total. The van der Waals surface area contributed by atoms with Crippen LogP contribution in [-0.4, -0.2) is 13.1 Å². The maximum absolute atomic E-state index is 5.44. The molecule has 0 aliphatic heterocycles. The quantitative estimate of drug-likeness (QED) is 0.631. The Morgan fingerprint density at radius 3 is 2.75 bits per heavy atom. The van der Waals surface area contributed by atoms with Gasteiger partial charge >= 0.3 is 0 Å². The molecule has 1 N–H and O–H groups in total. The van der Waals surface area contributed by atoms with Crippen molar-refractivity contribution in [2.45, 2.75) is 38.6 Å². The SMILES string of the molecule is C#CC(NC)C1CCC(CC)C1. The van der Waals surface area contributed by atoms with Crippen molar-refractivity contribution in [2.24, 2.45) is 11.8 Å². The van der Waals surface area contributed by atoms with Gasteiger partial charge in [0.15, 0.2) is 0 Å². The zero-order valence-corrected chi connectivity index (χ0v) is 8.14. The van der Waals surface area contributed by atoms with Crippen LogP contribution >= 0.6 is 0 Å². The molecule has 0 saturated heterocycles. The summed E-state index contributed by atoms with van der Waals surface area (Å²) in [6, 6.07) is 0.307. The average Bonchev–Trinajstić information content (AvgIpc) is 2.55. The van der Waals surface area contributed by atoms with Crippen LogP contribution in [0.3, 0.4) is 0 Å². The van der Waals surface area contributed by atoms with Crippen molar-refractivity contribution in [3.63, 3.8) is 0 Å². The molecule has 3 unspecified atom stereocenters. The van der Waals surface area contributed by atoms with Gasteiger partial charge in [-0.3, -0.25) is 0 Å². The van der Waals surface area contributed by atoms with E-state index in [9.17, 15) is 0 Å². The zero-order chi connectivity index (χ0) is 8.97. The highest BCUT2D eigenvalue weighted by Crippen LogP contribution is 2.34. The van der Waals surface area contributed by atoms with Gasteiger partial charge in [-0.05, 0) is 31.7 Å². The van der Waals surface area contributed by atoms with Gasteiger partial charge in [-0.15, -0.1) is 6.42 Å². The first kappa shape index (κ1) is 9.61. The highest BCUT2D eigenvalue weighted by Gasteiger charge is 2.27. The van der Waals surface area contributed by atoms with Gasteiger partial charge in [0.05, 0.1) is 6.04 Å². The lowest BCUT2D eigenvalue weighted by molar-refractivity contribution is 0.421. The van der Waals surface area contributed by atoms with Crippen LogP contribution < -0.4 is 5.32 Å². The Morgan fingerprint density at radius 2 is 2.33 bits per heavy atom. The monoisotopic (exact) mass is 165 g/mol. The zero-order valence-electron chi connectivity index (χ0n) is 8.14. The molecule has 0 bridgehead atoms. The van der Waals surface area contributed by atoms with Crippen LogP contribution in [0, 0.1) is 24.2 Å². The summed E-state index contributed by atoms with van der Waals surface area (Å²) in [7, 11) is 1.96. The molecular weight excluding hydrogens is 146 g/mol. The minimum atomic E-state index is 0.307. The van der Waals surface area contributed by atoms with Crippen molar-refractivity contribution in [3.05, 3.63) is 0 Å². The van der Waals surface area contributed by atoms with E-state index in [1.54, 1.807) is 0 Å². The van der Waals surface area contributed by atoms with Crippen molar-refractivity contribution >= 4 is 0 Å². The topological polar surface area (TPSA) is 12.0 Å². The molecule has 1 saturated carbocycles. The second kappa shape index (κ2) is 4.52. The van der Waals surface area contributed by atoms with Crippen LogP contribution in [0.15, 0.2) is 0 Å². The Morgan fingerprint density at radius 1 is 1.58 bits per heavy atom. The number of nitrogens with one attached hydrogen (secondary N) is 1. The fourth-order valence-electron chi connectivity index (χ4n) is 2.24. The molecule has 68 valence electrons. The third-order valence-electron chi connectivity index (χ3n) is 3.12. The second-order valence-electron chi connectivity index (χ2n) is 3.78. The van der Waals surface area contributed by atoms with Gasteiger partial charge in [0.1, 0.15) is 0 Å². The van der Waals surface area contributed by atoms with Crippen molar-refractivity contribution in [1.82, 2.24) is 5.32 Å². The molecular formula is C11H19N. The summed E-state index contributed by atoms with van der Waals surface area (Å²) in [4.78, 5) is 0. The van der Waals surface area contributed by atoms with E-state index in [0.29, 0.717) is 6.04 Å². The molecule has 1 aliphatic rings. The first-order chi connectivity index (χ1) is 5.81. The molecule has 12 heavy (non-hydrogen) atoms. The van der Waals surface area contributed by atoms with E-state index in [0.717, 1.165) is 11.8 Å². The Hall–Kier alpha value is -0.480. The average molecular weight is 165 g/mol. The van der Waals surface area contributed by atoms with E-state index in [4.69, 9.17) is 6.42 Å². The summed E-state index contributed by atoms with van der Waals surface area (Å²) in [5.74, 6) is 4.48. The maximum Gasteiger partial charge on any atom is 0.0713 e. The first-order valence-corrected chi connectivity index (χ1v) is 4.95. The molecule has 0 heterocycles. The van der Waals surface area contributed by atoms with Crippen molar-refractivity contribution < 1.29 is 0 Å². The molecule has 0 radical (unpaired) electrons. The summed E-state index contributed by atoms with van der Waals surface area (Å²) in [6.45, 7) is 2.28. The van der Waals surface area contributed by atoms with Crippen LogP contribution in [0.2, 0.25) is 0 Å². The molecule has 0 aromatic rings. The fourth-order valence-corrected chi connectivity index (χ4v) is 2.24. The van der Waals surface area contributed by atoms with E-state index in [2.05, 4.69) is 18.2 Å². The Labute approximate surface area is 75.9 Å². The lowest BCUT2D eigenvalue weighted by Crippen LogP contribution is -2.30. The predicted octanol–water partition coefficient (Wildman–Crippen LogP) is 2.03.